The monoisotopic (exact) mass is 237 g/mol. The highest BCUT2D eigenvalue weighted by atomic mass is 32.1. The molecule has 86 valence electrons. The highest BCUT2D eigenvalue weighted by Crippen LogP contribution is 2.10. The smallest absolute Gasteiger partial charge is 0.226 e. The molecule has 0 unspecified atom stereocenters. The third-order valence-corrected chi connectivity index (χ3v) is 2.10. The van der Waals surface area contributed by atoms with Crippen LogP contribution in [0.25, 0.3) is 0 Å². The summed E-state index contributed by atoms with van der Waals surface area (Å²) in [5.74, 6) is -0.0737. The molecular weight excluding hydrogens is 222 g/mol. The van der Waals surface area contributed by atoms with Crippen LogP contribution in [0.5, 0.6) is 0 Å². The van der Waals surface area contributed by atoms with Crippen molar-refractivity contribution in [2.45, 2.75) is 19.8 Å². The third-order valence-electron chi connectivity index (χ3n) is 1.90. The van der Waals surface area contributed by atoms with Gasteiger partial charge in [-0.3, -0.25) is 4.79 Å². The number of hydrogen-bond donors (Lipinski definition) is 3. The van der Waals surface area contributed by atoms with Gasteiger partial charge in [-0.15, -0.1) is 0 Å². The zero-order valence-corrected chi connectivity index (χ0v) is 9.93. The minimum Gasteiger partial charge on any atom is -0.399 e. The molecule has 4 N–H and O–H groups in total. The Hall–Kier alpha value is -1.62. The number of thiocarbonyl (C=S) groups is 1. The minimum absolute atomic E-state index is 0.0737. The Labute approximate surface area is 100 Å². The van der Waals surface area contributed by atoms with Gasteiger partial charge in [-0.05, 0) is 42.9 Å². The van der Waals surface area contributed by atoms with Crippen LogP contribution in [0.15, 0.2) is 24.3 Å². The Morgan fingerprint density at radius 1 is 1.38 bits per heavy atom. The lowest BCUT2D eigenvalue weighted by atomic mass is 10.3. The van der Waals surface area contributed by atoms with E-state index in [9.17, 15) is 4.79 Å². The van der Waals surface area contributed by atoms with Gasteiger partial charge in [0.05, 0.1) is 0 Å². The summed E-state index contributed by atoms with van der Waals surface area (Å²) >= 11 is 4.98. The molecule has 0 aromatic heterocycles. The van der Waals surface area contributed by atoms with Crippen LogP contribution in [-0.4, -0.2) is 11.0 Å². The molecule has 0 fully saturated rings. The first-order valence-corrected chi connectivity index (χ1v) is 5.49. The molecular formula is C11H15N3OS. The summed E-state index contributed by atoms with van der Waals surface area (Å²) in [6, 6.07) is 7.12. The van der Waals surface area contributed by atoms with Crippen molar-refractivity contribution in [3.05, 3.63) is 24.3 Å². The quantitative estimate of drug-likeness (QED) is 0.554. The van der Waals surface area contributed by atoms with Crippen molar-refractivity contribution < 1.29 is 4.79 Å². The molecule has 0 bridgehead atoms. The molecule has 0 radical (unpaired) electrons. The van der Waals surface area contributed by atoms with Gasteiger partial charge in [0, 0.05) is 17.8 Å². The lowest BCUT2D eigenvalue weighted by molar-refractivity contribution is -0.119. The summed E-state index contributed by atoms with van der Waals surface area (Å²) in [5.41, 5.74) is 7.04. The summed E-state index contributed by atoms with van der Waals surface area (Å²) in [5, 5.41) is 5.80. The van der Waals surface area contributed by atoms with E-state index in [2.05, 4.69) is 10.6 Å². The Kier molecular flexibility index (Phi) is 4.72. The van der Waals surface area contributed by atoms with Crippen LogP contribution in [0, 0.1) is 0 Å². The number of carbonyl (C=O) groups is 1. The van der Waals surface area contributed by atoms with Crippen molar-refractivity contribution in [2.75, 3.05) is 11.1 Å². The Morgan fingerprint density at radius 2 is 2.00 bits per heavy atom. The second kappa shape index (κ2) is 6.07. The SMILES string of the molecule is CCCC(=O)NC(=S)Nc1ccc(N)cc1. The van der Waals surface area contributed by atoms with Crippen molar-refractivity contribution >= 4 is 34.6 Å². The van der Waals surface area contributed by atoms with E-state index < -0.39 is 0 Å². The molecule has 1 aromatic carbocycles. The van der Waals surface area contributed by atoms with Gasteiger partial charge in [-0.2, -0.15) is 0 Å². The van der Waals surface area contributed by atoms with Crippen molar-refractivity contribution in [1.82, 2.24) is 5.32 Å². The molecule has 4 nitrogen and oxygen atoms in total. The number of amides is 1. The maximum Gasteiger partial charge on any atom is 0.226 e. The molecule has 0 saturated heterocycles. The van der Waals surface area contributed by atoms with Gasteiger partial charge in [0.25, 0.3) is 0 Å². The molecule has 5 heteroatoms. The zero-order chi connectivity index (χ0) is 12.0. The van der Waals surface area contributed by atoms with Crippen LogP contribution in [0.2, 0.25) is 0 Å². The fourth-order valence-corrected chi connectivity index (χ4v) is 1.38. The number of hydrogen-bond acceptors (Lipinski definition) is 3. The molecule has 16 heavy (non-hydrogen) atoms. The van der Waals surface area contributed by atoms with E-state index in [1.54, 1.807) is 24.3 Å². The third kappa shape index (κ3) is 4.27. The van der Waals surface area contributed by atoms with E-state index >= 15 is 0 Å². The number of anilines is 2. The molecule has 0 heterocycles. The normalized spacial score (nSPS) is 9.56. The van der Waals surface area contributed by atoms with E-state index in [0.717, 1.165) is 12.1 Å². The van der Waals surface area contributed by atoms with Crippen LogP contribution in [-0.2, 0) is 4.79 Å². The van der Waals surface area contributed by atoms with E-state index in [1.165, 1.54) is 0 Å². The Bertz CT molecular complexity index is 375. The van der Waals surface area contributed by atoms with Crippen LogP contribution in [0.3, 0.4) is 0 Å². The predicted molar refractivity (Wildman–Crippen MR) is 70.1 cm³/mol. The van der Waals surface area contributed by atoms with Gasteiger partial charge in [0.2, 0.25) is 5.91 Å². The number of benzene rings is 1. The summed E-state index contributed by atoms with van der Waals surface area (Å²) in [4.78, 5) is 11.2. The Morgan fingerprint density at radius 3 is 2.56 bits per heavy atom. The lowest BCUT2D eigenvalue weighted by Crippen LogP contribution is -2.33. The first kappa shape index (κ1) is 12.4. The van der Waals surface area contributed by atoms with Gasteiger partial charge in [-0.25, -0.2) is 0 Å². The number of nitrogens with two attached hydrogens (primary N) is 1. The molecule has 1 rings (SSSR count). The minimum atomic E-state index is -0.0737. The van der Waals surface area contributed by atoms with Crippen molar-refractivity contribution in [3.63, 3.8) is 0 Å². The van der Waals surface area contributed by atoms with E-state index in [-0.39, 0.29) is 5.91 Å². The maximum atomic E-state index is 11.2. The van der Waals surface area contributed by atoms with E-state index in [0.29, 0.717) is 17.2 Å². The number of nitrogens with one attached hydrogen (secondary N) is 2. The standard InChI is InChI=1S/C11H15N3OS/c1-2-3-10(15)14-11(16)13-9-6-4-8(12)5-7-9/h4-7H,2-3,12H2,1H3,(H2,13,14,15,16). The molecule has 1 amide bonds. The van der Waals surface area contributed by atoms with Crippen LogP contribution >= 0.6 is 12.2 Å². The van der Waals surface area contributed by atoms with Crippen molar-refractivity contribution in [1.29, 1.82) is 0 Å². The first-order chi connectivity index (χ1) is 7.61. The van der Waals surface area contributed by atoms with E-state index in [1.807, 2.05) is 6.92 Å². The van der Waals surface area contributed by atoms with Gasteiger partial charge < -0.3 is 16.4 Å². The predicted octanol–water partition coefficient (Wildman–Crippen LogP) is 1.88. The van der Waals surface area contributed by atoms with Gasteiger partial charge in [0.1, 0.15) is 0 Å². The average Bonchev–Trinajstić information content (AvgIpc) is 2.21. The molecule has 1 aromatic rings. The van der Waals surface area contributed by atoms with Crippen LogP contribution in [0.1, 0.15) is 19.8 Å². The van der Waals surface area contributed by atoms with Crippen molar-refractivity contribution in [3.8, 4) is 0 Å². The summed E-state index contributed by atoms with van der Waals surface area (Å²) < 4.78 is 0. The largest absolute Gasteiger partial charge is 0.399 e. The lowest BCUT2D eigenvalue weighted by Gasteiger charge is -2.09. The fraction of sp³-hybridized carbons (Fsp3) is 0.273. The van der Waals surface area contributed by atoms with E-state index in [4.69, 9.17) is 18.0 Å². The topological polar surface area (TPSA) is 67.2 Å². The summed E-state index contributed by atoms with van der Waals surface area (Å²) in [6.45, 7) is 1.94. The maximum absolute atomic E-state index is 11.2. The highest BCUT2D eigenvalue weighted by molar-refractivity contribution is 7.80. The molecule has 0 spiro atoms. The molecule has 0 aliphatic heterocycles. The summed E-state index contributed by atoms with van der Waals surface area (Å²) in [6.07, 6.45) is 1.28. The average molecular weight is 237 g/mol. The van der Waals surface area contributed by atoms with Crippen molar-refractivity contribution in [2.24, 2.45) is 0 Å². The molecule has 0 saturated carbocycles. The first-order valence-electron chi connectivity index (χ1n) is 5.08. The second-order valence-electron chi connectivity index (χ2n) is 3.37. The summed E-state index contributed by atoms with van der Waals surface area (Å²) in [7, 11) is 0. The highest BCUT2D eigenvalue weighted by Gasteiger charge is 2.02. The van der Waals surface area contributed by atoms with Gasteiger partial charge >= 0.3 is 0 Å². The van der Waals surface area contributed by atoms with Crippen LogP contribution < -0.4 is 16.4 Å². The van der Waals surface area contributed by atoms with Gasteiger partial charge in [0.15, 0.2) is 5.11 Å². The number of nitrogen functional groups attached to an aromatic ring is 1. The molecule has 0 aliphatic rings. The second-order valence-corrected chi connectivity index (χ2v) is 3.78. The van der Waals surface area contributed by atoms with Crippen LogP contribution in [0.4, 0.5) is 11.4 Å². The number of carbonyl (C=O) groups excluding carboxylic acids is 1. The molecule has 0 atom stereocenters. The zero-order valence-electron chi connectivity index (χ0n) is 9.12. The number of rotatable bonds is 3. The van der Waals surface area contributed by atoms with Gasteiger partial charge in [-0.1, -0.05) is 6.92 Å². The molecule has 0 aliphatic carbocycles. The Balaban J connectivity index is 2.45. The fourth-order valence-electron chi connectivity index (χ4n) is 1.14.